The molecule has 0 aliphatic heterocycles. The first-order valence-electron chi connectivity index (χ1n) is 5.93. The second-order valence-electron chi connectivity index (χ2n) is 4.33. The van der Waals surface area contributed by atoms with Gasteiger partial charge in [0.2, 0.25) is 0 Å². The highest BCUT2D eigenvalue weighted by atomic mass is 19.4. The molecule has 0 aliphatic carbocycles. The molecule has 1 aromatic heterocycles. The second-order valence-corrected chi connectivity index (χ2v) is 4.33. The zero-order valence-electron chi connectivity index (χ0n) is 10.2. The molecule has 0 bridgehead atoms. The summed E-state index contributed by atoms with van der Waals surface area (Å²) in [4.78, 5) is 8.41. The van der Waals surface area contributed by atoms with E-state index in [0.29, 0.717) is 11.1 Å². The topological polar surface area (TPSA) is 25.8 Å². The highest BCUT2D eigenvalue weighted by molar-refractivity contribution is 5.79. The smallest absolute Gasteiger partial charge is 0.236 e. The van der Waals surface area contributed by atoms with Gasteiger partial charge < -0.3 is 0 Å². The number of hydrogen-bond acceptors (Lipinski definition) is 2. The first-order valence-corrected chi connectivity index (χ1v) is 5.93. The standard InChI is InChI=1S/C15H9F3N2/c16-15(17,18)12-6-3-5-10(8-12)14-19-9-11-4-1-2-7-13(11)20-14/h1-9H. The zero-order chi connectivity index (χ0) is 14.2. The third-order valence-corrected chi connectivity index (χ3v) is 2.94. The molecule has 0 fully saturated rings. The molecule has 2 nitrogen and oxygen atoms in total. The molecule has 0 saturated heterocycles. The van der Waals surface area contributed by atoms with Crippen molar-refractivity contribution in [2.24, 2.45) is 0 Å². The largest absolute Gasteiger partial charge is 0.416 e. The summed E-state index contributed by atoms with van der Waals surface area (Å²) >= 11 is 0. The molecule has 0 aliphatic rings. The minimum absolute atomic E-state index is 0.287. The highest BCUT2D eigenvalue weighted by Crippen LogP contribution is 2.31. The normalized spacial score (nSPS) is 11.8. The van der Waals surface area contributed by atoms with Crippen LogP contribution in [-0.2, 0) is 6.18 Å². The first kappa shape index (κ1) is 12.6. The Kier molecular flexibility index (Phi) is 2.89. The molecule has 5 heteroatoms. The van der Waals surface area contributed by atoms with Crippen molar-refractivity contribution in [2.45, 2.75) is 6.18 Å². The van der Waals surface area contributed by atoms with E-state index in [1.54, 1.807) is 18.3 Å². The lowest BCUT2D eigenvalue weighted by Crippen LogP contribution is -2.04. The maximum absolute atomic E-state index is 12.7. The molecule has 0 spiro atoms. The van der Waals surface area contributed by atoms with Gasteiger partial charge in [-0.25, -0.2) is 9.97 Å². The summed E-state index contributed by atoms with van der Waals surface area (Å²) in [5.41, 5.74) is 0.354. The number of halogens is 3. The molecule has 3 aromatic rings. The van der Waals surface area contributed by atoms with Crippen molar-refractivity contribution in [1.82, 2.24) is 9.97 Å². The predicted octanol–water partition coefficient (Wildman–Crippen LogP) is 4.32. The van der Waals surface area contributed by atoms with Crippen LogP contribution in [0.1, 0.15) is 5.56 Å². The van der Waals surface area contributed by atoms with Crippen LogP contribution >= 0.6 is 0 Å². The number of hydrogen-bond donors (Lipinski definition) is 0. The van der Waals surface area contributed by atoms with Crippen LogP contribution in [0.15, 0.2) is 54.7 Å². The molecule has 0 atom stereocenters. The Labute approximate surface area is 112 Å². The fraction of sp³-hybridized carbons (Fsp3) is 0.0667. The zero-order valence-corrected chi connectivity index (χ0v) is 10.2. The molecule has 0 saturated carbocycles. The van der Waals surface area contributed by atoms with Gasteiger partial charge in [-0.15, -0.1) is 0 Å². The van der Waals surface area contributed by atoms with Crippen molar-refractivity contribution < 1.29 is 13.2 Å². The van der Waals surface area contributed by atoms with Gasteiger partial charge in [0.05, 0.1) is 11.1 Å². The van der Waals surface area contributed by atoms with Crippen LogP contribution in [-0.4, -0.2) is 9.97 Å². The van der Waals surface area contributed by atoms with E-state index in [2.05, 4.69) is 9.97 Å². The third kappa shape index (κ3) is 2.34. The molecule has 0 unspecified atom stereocenters. The van der Waals surface area contributed by atoms with Crippen molar-refractivity contribution in [3.8, 4) is 11.4 Å². The molecule has 0 amide bonds. The summed E-state index contributed by atoms with van der Waals surface area (Å²) in [6, 6.07) is 12.4. The van der Waals surface area contributed by atoms with Gasteiger partial charge in [0.1, 0.15) is 0 Å². The number of fused-ring (bicyclic) bond motifs is 1. The molecular formula is C15H9F3N2. The predicted molar refractivity (Wildman–Crippen MR) is 70.0 cm³/mol. The van der Waals surface area contributed by atoms with Gasteiger partial charge in [-0.1, -0.05) is 30.3 Å². The van der Waals surface area contributed by atoms with Gasteiger partial charge in [-0.3, -0.25) is 0 Å². The van der Waals surface area contributed by atoms with Crippen LogP contribution in [0.2, 0.25) is 0 Å². The van der Waals surface area contributed by atoms with Gasteiger partial charge >= 0.3 is 6.18 Å². The third-order valence-electron chi connectivity index (χ3n) is 2.94. The van der Waals surface area contributed by atoms with Crippen molar-refractivity contribution >= 4 is 10.9 Å². The number of alkyl halides is 3. The molecule has 20 heavy (non-hydrogen) atoms. The van der Waals surface area contributed by atoms with Crippen molar-refractivity contribution in [2.75, 3.05) is 0 Å². The van der Waals surface area contributed by atoms with Crippen LogP contribution in [0.3, 0.4) is 0 Å². The highest BCUT2D eigenvalue weighted by Gasteiger charge is 2.30. The number of rotatable bonds is 1. The lowest BCUT2D eigenvalue weighted by Gasteiger charge is -2.08. The summed E-state index contributed by atoms with van der Waals surface area (Å²) in [6.45, 7) is 0. The van der Waals surface area contributed by atoms with Gasteiger partial charge in [0.25, 0.3) is 0 Å². The molecule has 1 heterocycles. The Morgan fingerprint density at radius 1 is 0.900 bits per heavy atom. The minimum atomic E-state index is -4.37. The lowest BCUT2D eigenvalue weighted by atomic mass is 10.1. The summed E-state index contributed by atoms with van der Waals surface area (Å²) in [5.74, 6) is 0.287. The van der Waals surface area contributed by atoms with Crippen molar-refractivity contribution in [3.05, 3.63) is 60.3 Å². The van der Waals surface area contributed by atoms with Gasteiger partial charge in [-0.2, -0.15) is 13.2 Å². The number of para-hydroxylation sites is 1. The molecule has 0 N–H and O–H groups in total. The number of nitrogens with zero attached hydrogens (tertiary/aromatic N) is 2. The van der Waals surface area contributed by atoms with E-state index in [4.69, 9.17) is 0 Å². The average Bonchev–Trinajstić information content (AvgIpc) is 2.46. The monoisotopic (exact) mass is 274 g/mol. The van der Waals surface area contributed by atoms with E-state index in [1.165, 1.54) is 6.07 Å². The van der Waals surface area contributed by atoms with Crippen LogP contribution in [0.5, 0.6) is 0 Å². The van der Waals surface area contributed by atoms with E-state index in [1.807, 2.05) is 18.2 Å². The number of aromatic nitrogens is 2. The molecule has 2 aromatic carbocycles. The van der Waals surface area contributed by atoms with E-state index in [-0.39, 0.29) is 5.82 Å². The molecule has 3 rings (SSSR count). The average molecular weight is 274 g/mol. The SMILES string of the molecule is FC(F)(F)c1cccc(-c2ncc3ccccc3n2)c1. The summed E-state index contributed by atoms with van der Waals surface area (Å²) in [6.07, 6.45) is -2.76. The van der Waals surface area contributed by atoms with E-state index >= 15 is 0 Å². The Balaban J connectivity index is 2.11. The number of benzene rings is 2. The molecule has 0 radical (unpaired) electrons. The van der Waals surface area contributed by atoms with Crippen molar-refractivity contribution in [3.63, 3.8) is 0 Å². The Bertz CT molecular complexity index is 766. The van der Waals surface area contributed by atoms with E-state index in [0.717, 1.165) is 17.5 Å². The Morgan fingerprint density at radius 3 is 2.50 bits per heavy atom. The molecular weight excluding hydrogens is 265 g/mol. The molecule has 100 valence electrons. The Morgan fingerprint density at radius 2 is 1.70 bits per heavy atom. The van der Waals surface area contributed by atoms with Gasteiger partial charge in [-0.05, 0) is 18.2 Å². The maximum Gasteiger partial charge on any atom is 0.416 e. The summed E-state index contributed by atoms with van der Waals surface area (Å²) < 4.78 is 38.1. The van der Waals surface area contributed by atoms with E-state index in [9.17, 15) is 13.2 Å². The second kappa shape index (κ2) is 4.59. The lowest BCUT2D eigenvalue weighted by molar-refractivity contribution is -0.137. The maximum atomic E-state index is 12.7. The van der Waals surface area contributed by atoms with Gasteiger partial charge in [0.15, 0.2) is 5.82 Å². The van der Waals surface area contributed by atoms with Crippen molar-refractivity contribution in [1.29, 1.82) is 0 Å². The Hall–Kier alpha value is -2.43. The van der Waals surface area contributed by atoms with E-state index < -0.39 is 11.7 Å². The van der Waals surface area contributed by atoms with Crippen LogP contribution in [0, 0.1) is 0 Å². The quantitative estimate of drug-likeness (QED) is 0.660. The fourth-order valence-corrected chi connectivity index (χ4v) is 1.95. The summed E-state index contributed by atoms with van der Waals surface area (Å²) in [5, 5.41) is 0.850. The first-order chi connectivity index (χ1) is 9.54. The minimum Gasteiger partial charge on any atom is -0.236 e. The van der Waals surface area contributed by atoms with Crippen LogP contribution < -0.4 is 0 Å². The van der Waals surface area contributed by atoms with Crippen LogP contribution in [0.4, 0.5) is 13.2 Å². The van der Waals surface area contributed by atoms with Gasteiger partial charge in [0, 0.05) is 17.1 Å². The fourth-order valence-electron chi connectivity index (χ4n) is 1.95. The summed E-state index contributed by atoms with van der Waals surface area (Å²) in [7, 11) is 0. The van der Waals surface area contributed by atoms with Crippen LogP contribution in [0.25, 0.3) is 22.3 Å².